The van der Waals surface area contributed by atoms with Gasteiger partial charge in [0.1, 0.15) is 12.4 Å². The molecule has 9 heteroatoms. The van der Waals surface area contributed by atoms with Gasteiger partial charge in [-0.3, -0.25) is 14.9 Å². The van der Waals surface area contributed by atoms with Gasteiger partial charge < -0.3 is 10.6 Å². The van der Waals surface area contributed by atoms with Crippen molar-refractivity contribution >= 4 is 29.0 Å². The van der Waals surface area contributed by atoms with Crippen molar-refractivity contribution in [2.24, 2.45) is 0 Å². The van der Waals surface area contributed by atoms with Gasteiger partial charge in [-0.2, -0.15) is 0 Å². The minimum atomic E-state index is -0.707. The fraction of sp³-hybridized carbons (Fsp3) is 0.375. The number of likely N-dealkylation sites (N-methyl/N-ethyl adjacent to an activating group) is 1. The lowest BCUT2D eigenvalue weighted by molar-refractivity contribution is -0.384. The van der Waals surface area contributed by atoms with Gasteiger partial charge in [0, 0.05) is 7.05 Å². The van der Waals surface area contributed by atoms with E-state index in [0.717, 1.165) is 6.33 Å². The minimum Gasteiger partial charge on any atom is -0.357 e. The van der Waals surface area contributed by atoms with Crippen molar-refractivity contribution in [2.45, 2.75) is 13.0 Å². The number of nitro groups is 1. The molecule has 0 aromatic carbocycles. The molecule has 1 heterocycles. The number of amides is 1. The Morgan fingerprint density at radius 2 is 2.24 bits per heavy atom. The van der Waals surface area contributed by atoms with Gasteiger partial charge >= 0.3 is 5.69 Å². The quantitative estimate of drug-likeness (QED) is 0.465. The first-order chi connectivity index (χ1) is 7.97. The molecule has 92 valence electrons. The summed E-state index contributed by atoms with van der Waals surface area (Å²) in [6, 6.07) is -0.676. The van der Waals surface area contributed by atoms with E-state index < -0.39 is 16.7 Å². The molecule has 1 atom stereocenters. The van der Waals surface area contributed by atoms with Crippen LogP contribution in [0.25, 0.3) is 0 Å². The Hall–Kier alpha value is -1.96. The molecule has 0 saturated carbocycles. The minimum absolute atomic E-state index is 0.0916. The smallest absolute Gasteiger partial charge is 0.348 e. The number of aromatic nitrogens is 2. The van der Waals surface area contributed by atoms with Crippen molar-refractivity contribution in [1.82, 2.24) is 15.3 Å². The van der Waals surface area contributed by atoms with Gasteiger partial charge in [-0.1, -0.05) is 11.6 Å². The van der Waals surface area contributed by atoms with E-state index in [1.165, 1.54) is 7.05 Å². The first-order valence-electron chi connectivity index (χ1n) is 4.60. The first kappa shape index (κ1) is 13.1. The topological polar surface area (TPSA) is 110 Å². The van der Waals surface area contributed by atoms with Crippen LogP contribution < -0.4 is 10.6 Å². The normalized spacial score (nSPS) is 11.7. The number of hydrogen-bond donors (Lipinski definition) is 2. The summed E-state index contributed by atoms with van der Waals surface area (Å²) < 4.78 is 0. The maximum atomic E-state index is 11.3. The van der Waals surface area contributed by atoms with Crippen molar-refractivity contribution < 1.29 is 9.72 Å². The lowest BCUT2D eigenvalue weighted by Gasteiger charge is -2.12. The van der Waals surface area contributed by atoms with E-state index in [1.54, 1.807) is 6.92 Å². The highest BCUT2D eigenvalue weighted by Gasteiger charge is 2.24. The molecular weight excluding hydrogens is 250 g/mol. The fourth-order valence-electron chi connectivity index (χ4n) is 1.11. The molecule has 8 nitrogen and oxygen atoms in total. The molecule has 1 amide bonds. The Kier molecular flexibility index (Phi) is 4.16. The highest BCUT2D eigenvalue weighted by Crippen LogP contribution is 2.28. The zero-order valence-electron chi connectivity index (χ0n) is 9.10. The summed E-state index contributed by atoms with van der Waals surface area (Å²) in [7, 11) is 1.46. The summed E-state index contributed by atoms with van der Waals surface area (Å²) in [5.74, 6) is -0.417. The maximum Gasteiger partial charge on any atom is 0.348 e. The number of carbonyl (C=O) groups excluding carboxylic acids is 1. The van der Waals surface area contributed by atoms with Crippen LogP contribution in [0.4, 0.5) is 11.5 Å². The maximum absolute atomic E-state index is 11.3. The van der Waals surface area contributed by atoms with Gasteiger partial charge in [0.15, 0.2) is 0 Å². The fourth-order valence-corrected chi connectivity index (χ4v) is 1.31. The summed E-state index contributed by atoms with van der Waals surface area (Å²) in [6.45, 7) is 1.54. The van der Waals surface area contributed by atoms with Crippen molar-refractivity contribution in [1.29, 1.82) is 0 Å². The standard InChI is InChI=1S/C8H10ClN5O3/c1-4(8(15)10-2)13-7-5(14(16)17)6(9)11-3-12-7/h3-4H,1-2H3,(H,10,15)(H,11,12,13). The lowest BCUT2D eigenvalue weighted by atomic mass is 10.3. The molecule has 0 spiro atoms. The number of nitrogens with zero attached hydrogens (tertiary/aromatic N) is 3. The van der Waals surface area contributed by atoms with Crippen LogP contribution in [0.3, 0.4) is 0 Å². The van der Waals surface area contributed by atoms with Gasteiger partial charge in [0.25, 0.3) is 0 Å². The SMILES string of the molecule is CNC(=O)C(C)Nc1ncnc(Cl)c1[N+](=O)[O-]. The van der Waals surface area contributed by atoms with Crippen LogP contribution in [0.15, 0.2) is 6.33 Å². The number of anilines is 1. The third kappa shape index (κ3) is 3.00. The molecule has 0 fully saturated rings. The second kappa shape index (κ2) is 5.39. The second-order valence-electron chi connectivity index (χ2n) is 3.10. The third-order valence-corrected chi connectivity index (χ3v) is 2.23. The summed E-state index contributed by atoms with van der Waals surface area (Å²) in [5, 5.41) is 15.5. The average molecular weight is 260 g/mol. The molecule has 1 aromatic rings. The predicted molar refractivity (Wildman–Crippen MR) is 60.8 cm³/mol. The van der Waals surface area contributed by atoms with Crippen molar-refractivity contribution in [3.63, 3.8) is 0 Å². The van der Waals surface area contributed by atoms with Crippen LogP contribution >= 0.6 is 11.6 Å². The van der Waals surface area contributed by atoms with E-state index in [2.05, 4.69) is 20.6 Å². The molecule has 17 heavy (non-hydrogen) atoms. The largest absolute Gasteiger partial charge is 0.357 e. The van der Waals surface area contributed by atoms with Crippen LogP contribution in [-0.2, 0) is 4.79 Å². The van der Waals surface area contributed by atoms with E-state index >= 15 is 0 Å². The van der Waals surface area contributed by atoms with Crippen molar-refractivity contribution in [3.8, 4) is 0 Å². The second-order valence-corrected chi connectivity index (χ2v) is 3.46. The van der Waals surface area contributed by atoms with E-state index in [9.17, 15) is 14.9 Å². The van der Waals surface area contributed by atoms with E-state index in [4.69, 9.17) is 11.6 Å². The Morgan fingerprint density at radius 3 is 2.76 bits per heavy atom. The molecule has 2 N–H and O–H groups in total. The molecule has 0 radical (unpaired) electrons. The van der Waals surface area contributed by atoms with Crippen LogP contribution in [0, 0.1) is 10.1 Å². The molecule has 1 unspecified atom stereocenters. The molecule has 1 rings (SSSR count). The van der Waals surface area contributed by atoms with Gasteiger partial charge in [0.2, 0.25) is 16.9 Å². The number of halogens is 1. The van der Waals surface area contributed by atoms with E-state index in [0.29, 0.717) is 0 Å². The van der Waals surface area contributed by atoms with Crippen LogP contribution in [-0.4, -0.2) is 33.9 Å². The molecule has 0 bridgehead atoms. The number of nitrogens with one attached hydrogen (secondary N) is 2. The highest BCUT2D eigenvalue weighted by atomic mass is 35.5. The Labute approximate surface area is 102 Å². The molecule has 0 saturated heterocycles. The summed E-state index contributed by atoms with van der Waals surface area (Å²) >= 11 is 5.59. The monoisotopic (exact) mass is 259 g/mol. The Bertz CT molecular complexity index is 453. The number of rotatable bonds is 4. The van der Waals surface area contributed by atoms with Gasteiger partial charge in [-0.15, -0.1) is 0 Å². The number of carbonyl (C=O) groups is 1. The lowest BCUT2D eigenvalue weighted by Crippen LogP contribution is -2.35. The van der Waals surface area contributed by atoms with Crippen molar-refractivity contribution in [3.05, 3.63) is 21.6 Å². The van der Waals surface area contributed by atoms with Gasteiger partial charge in [-0.05, 0) is 6.92 Å². The molecule has 0 aliphatic carbocycles. The summed E-state index contributed by atoms with van der Waals surface area (Å²) in [6.07, 6.45) is 1.08. The molecule has 0 aliphatic rings. The van der Waals surface area contributed by atoms with Gasteiger partial charge in [-0.25, -0.2) is 9.97 Å². The molecule has 0 aliphatic heterocycles. The van der Waals surface area contributed by atoms with Gasteiger partial charge in [0.05, 0.1) is 4.92 Å². The third-order valence-electron chi connectivity index (χ3n) is 1.95. The molecule has 1 aromatic heterocycles. The zero-order valence-corrected chi connectivity index (χ0v) is 9.85. The first-order valence-corrected chi connectivity index (χ1v) is 4.98. The van der Waals surface area contributed by atoms with E-state index in [-0.39, 0.29) is 16.9 Å². The predicted octanol–water partition coefficient (Wildman–Crippen LogP) is 0.585. The van der Waals surface area contributed by atoms with Crippen LogP contribution in [0.1, 0.15) is 6.92 Å². The zero-order chi connectivity index (χ0) is 13.0. The highest BCUT2D eigenvalue weighted by molar-refractivity contribution is 6.31. The summed E-state index contributed by atoms with van der Waals surface area (Å²) in [5.41, 5.74) is -0.454. The Balaban J connectivity index is 3.02. The summed E-state index contributed by atoms with van der Waals surface area (Å²) in [4.78, 5) is 28.5. The van der Waals surface area contributed by atoms with Crippen molar-refractivity contribution in [2.75, 3.05) is 12.4 Å². The van der Waals surface area contributed by atoms with E-state index in [1.807, 2.05) is 0 Å². The van der Waals surface area contributed by atoms with Crippen LogP contribution in [0.5, 0.6) is 0 Å². The Morgan fingerprint density at radius 1 is 1.59 bits per heavy atom. The number of hydrogen-bond acceptors (Lipinski definition) is 6. The van der Waals surface area contributed by atoms with Crippen LogP contribution in [0.2, 0.25) is 5.15 Å². The molecular formula is C8H10ClN5O3. The average Bonchev–Trinajstić information content (AvgIpc) is 2.27.